The Balaban J connectivity index is 0.000000821. The molecule has 0 aromatic heterocycles. The number of ether oxygens (including phenoxy) is 1. The number of carboxylic acid groups (broad SMARTS) is 2. The van der Waals surface area contributed by atoms with Crippen molar-refractivity contribution in [3.05, 3.63) is 29.8 Å². The van der Waals surface area contributed by atoms with E-state index in [-0.39, 0.29) is 6.42 Å². The maximum atomic E-state index is 10.6. The lowest BCUT2D eigenvalue weighted by Crippen LogP contribution is -2.21. The molecule has 0 heterocycles. The van der Waals surface area contributed by atoms with Crippen molar-refractivity contribution in [3.8, 4) is 5.75 Å². The Hall–Kier alpha value is -2.29. The highest BCUT2D eigenvalue weighted by atomic mass is 19.4. The molecule has 0 fully saturated rings. The average Bonchev–Trinajstić information content (AvgIpc) is 2.56. The van der Waals surface area contributed by atoms with Gasteiger partial charge in [0, 0.05) is 13.1 Å². The van der Waals surface area contributed by atoms with E-state index in [9.17, 15) is 18.0 Å². The fraction of sp³-hybridized carbons (Fsp3) is 0.556. The Labute approximate surface area is 156 Å². The van der Waals surface area contributed by atoms with Crippen LogP contribution < -0.4 is 10.1 Å². The minimum atomic E-state index is -5.08. The number of rotatable bonds is 10. The van der Waals surface area contributed by atoms with Gasteiger partial charge in [0.1, 0.15) is 5.75 Å². The first-order chi connectivity index (χ1) is 12.5. The second-order valence-corrected chi connectivity index (χ2v) is 6.15. The molecule has 0 saturated carbocycles. The van der Waals surface area contributed by atoms with Crippen molar-refractivity contribution in [2.75, 3.05) is 13.2 Å². The molecule has 3 N–H and O–H groups in total. The molecule has 0 radical (unpaired) electrons. The number of halogens is 3. The minimum absolute atomic E-state index is 0.150. The number of benzene rings is 1. The summed E-state index contributed by atoms with van der Waals surface area (Å²) in [5.74, 6) is -1.92. The quantitative estimate of drug-likeness (QED) is 0.525. The molecule has 1 rings (SSSR count). The second-order valence-electron chi connectivity index (χ2n) is 6.15. The summed E-state index contributed by atoms with van der Waals surface area (Å²) < 4.78 is 37.4. The second kappa shape index (κ2) is 13.0. The normalized spacial score (nSPS) is 10.9. The number of carboxylic acids is 2. The van der Waals surface area contributed by atoms with E-state index in [1.54, 1.807) is 0 Å². The summed E-state index contributed by atoms with van der Waals surface area (Å²) in [5, 5.41) is 18.7. The topological polar surface area (TPSA) is 95.9 Å². The van der Waals surface area contributed by atoms with Crippen LogP contribution in [0.5, 0.6) is 5.75 Å². The Morgan fingerprint density at radius 3 is 2.15 bits per heavy atom. The van der Waals surface area contributed by atoms with Crippen molar-refractivity contribution in [2.45, 2.75) is 45.8 Å². The summed E-state index contributed by atoms with van der Waals surface area (Å²) in [7, 11) is 0. The number of hydrogen-bond acceptors (Lipinski definition) is 4. The predicted octanol–water partition coefficient (Wildman–Crippen LogP) is 3.70. The summed E-state index contributed by atoms with van der Waals surface area (Å²) >= 11 is 0. The third-order valence-corrected chi connectivity index (χ3v) is 3.21. The van der Waals surface area contributed by atoms with E-state index in [4.69, 9.17) is 19.7 Å². The summed E-state index contributed by atoms with van der Waals surface area (Å²) in [6.45, 7) is 6.36. The molecular formula is C18H26F3NO5. The lowest BCUT2D eigenvalue weighted by atomic mass is 10.1. The summed E-state index contributed by atoms with van der Waals surface area (Å²) in [6, 6.07) is 7.93. The smallest absolute Gasteiger partial charge is 0.490 e. The van der Waals surface area contributed by atoms with Crippen LogP contribution in [0.3, 0.4) is 0 Å². The van der Waals surface area contributed by atoms with E-state index in [2.05, 4.69) is 19.2 Å². The van der Waals surface area contributed by atoms with Gasteiger partial charge in [-0.2, -0.15) is 13.2 Å². The first kappa shape index (κ1) is 24.7. The van der Waals surface area contributed by atoms with E-state index in [1.165, 1.54) is 6.42 Å². The van der Waals surface area contributed by atoms with Gasteiger partial charge in [0.15, 0.2) is 0 Å². The van der Waals surface area contributed by atoms with Crippen molar-refractivity contribution in [1.29, 1.82) is 0 Å². The molecule has 0 amide bonds. The molecule has 1 aromatic rings. The molecule has 0 atom stereocenters. The Kier molecular flexibility index (Phi) is 11.9. The first-order valence-electron chi connectivity index (χ1n) is 8.46. The van der Waals surface area contributed by atoms with Crippen LogP contribution in [0.2, 0.25) is 0 Å². The fourth-order valence-electron chi connectivity index (χ4n) is 1.81. The van der Waals surface area contributed by atoms with E-state index in [0.717, 1.165) is 30.3 Å². The third kappa shape index (κ3) is 14.6. The Bertz CT molecular complexity index is 559. The molecule has 154 valence electrons. The standard InChI is InChI=1S/C16H25NO3.C2HF3O2/c1-13(2)4-3-11-20-15-7-5-14(6-8-15)12-17-10-9-16(18)19;3-2(4,5)1(6)7/h5-8,13,17H,3-4,9-12H2,1-2H3,(H,18,19);(H,6,7). The third-order valence-electron chi connectivity index (χ3n) is 3.21. The maximum absolute atomic E-state index is 10.6. The van der Waals surface area contributed by atoms with Crippen LogP contribution in [0.4, 0.5) is 13.2 Å². The number of nitrogens with one attached hydrogen (secondary N) is 1. The molecule has 0 bridgehead atoms. The van der Waals surface area contributed by atoms with Crippen LogP contribution in [0.25, 0.3) is 0 Å². The van der Waals surface area contributed by atoms with Gasteiger partial charge in [-0.25, -0.2) is 4.79 Å². The van der Waals surface area contributed by atoms with Gasteiger partial charge < -0.3 is 20.3 Å². The highest BCUT2D eigenvalue weighted by molar-refractivity contribution is 5.73. The maximum Gasteiger partial charge on any atom is 0.490 e. The number of carbonyl (C=O) groups is 2. The lowest BCUT2D eigenvalue weighted by molar-refractivity contribution is -0.192. The van der Waals surface area contributed by atoms with Crippen LogP contribution >= 0.6 is 0 Å². The Morgan fingerprint density at radius 1 is 1.15 bits per heavy atom. The molecule has 0 spiro atoms. The van der Waals surface area contributed by atoms with Gasteiger partial charge in [0.2, 0.25) is 0 Å². The lowest BCUT2D eigenvalue weighted by Gasteiger charge is -2.09. The molecule has 0 unspecified atom stereocenters. The molecule has 0 aliphatic carbocycles. The van der Waals surface area contributed by atoms with E-state index in [0.29, 0.717) is 13.1 Å². The van der Waals surface area contributed by atoms with Gasteiger partial charge in [0.25, 0.3) is 0 Å². The molecule has 27 heavy (non-hydrogen) atoms. The summed E-state index contributed by atoms with van der Waals surface area (Å²) in [4.78, 5) is 19.3. The van der Waals surface area contributed by atoms with Crippen LogP contribution in [0.15, 0.2) is 24.3 Å². The zero-order chi connectivity index (χ0) is 20.9. The number of aliphatic carboxylic acids is 2. The zero-order valence-electron chi connectivity index (χ0n) is 15.4. The van der Waals surface area contributed by atoms with Gasteiger partial charge in [0.05, 0.1) is 13.0 Å². The van der Waals surface area contributed by atoms with Crippen LogP contribution in [0, 0.1) is 5.92 Å². The zero-order valence-corrected chi connectivity index (χ0v) is 15.4. The summed E-state index contributed by atoms with van der Waals surface area (Å²) in [6.07, 6.45) is -2.67. The van der Waals surface area contributed by atoms with Crippen LogP contribution in [-0.4, -0.2) is 41.5 Å². The first-order valence-corrected chi connectivity index (χ1v) is 8.46. The molecule has 1 aromatic carbocycles. The highest BCUT2D eigenvalue weighted by Crippen LogP contribution is 2.14. The van der Waals surface area contributed by atoms with Crippen molar-refractivity contribution in [3.63, 3.8) is 0 Å². The Morgan fingerprint density at radius 2 is 1.70 bits per heavy atom. The van der Waals surface area contributed by atoms with Gasteiger partial charge in [-0.05, 0) is 36.5 Å². The SMILES string of the molecule is CC(C)CCCOc1ccc(CNCCC(=O)O)cc1.O=C(O)C(F)(F)F. The van der Waals surface area contributed by atoms with E-state index in [1.807, 2.05) is 24.3 Å². The monoisotopic (exact) mass is 393 g/mol. The van der Waals surface area contributed by atoms with Gasteiger partial charge in [-0.15, -0.1) is 0 Å². The van der Waals surface area contributed by atoms with Gasteiger partial charge in [-0.1, -0.05) is 26.0 Å². The number of hydrogen-bond donors (Lipinski definition) is 3. The van der Waals surface area contributed by atoms with Crippen LogP contribution in [-0.2, 0) is 16.1 Å². The van der Waals surface area contributed by atoms with Gasteiger partial charge in [-0.3, -0.25) is 4.79 Å². The average molecular weight is 393 g/mol. The van der Waals surface area contributed by atoms with Gasteiger partial charge >= 0.3 is 18.1 Å². The van der Waals surface area contributed by atoms with Crippen LogP contribution in [0.1, 0.15) is 38.7 Å². The largest absolute Gasteiger partial charge is 0.494 e. The molecule has 9 heteroatoms. The molecule has 0 aliphatic rings. The van der Waals surface area contributed by atoms with E-state index < -0.39 is 18.1 Å². The van der Waals surface area contributed by atoms with E-state index >= 15 is 0 Å². The number of alkyl halides is 3. The minimum Gasteiger partial charge on any atom is -0.494 e. The molecule has 6 nitrogen and oxygen atoms in total. The predicted molar refractivity (Wildman–Crippen MR) is 93.7 cm³/mol. The van der Waals surface area contributed by atoms with Crippen molar-refractivity contribution < 1.29 is 37.7 Å². The molecular weight excluding hydrogens is 367 g/mol. The highest BCUT2D eigenvalue weighted by Gasteiger charge is 2.38. The van der Waals surface area contributed by atoms with Crippen molar-refractivity contribution >= 4 is 11.9 Å². The molecule has 0 aliphatic heterocycles. The van der Waals surface area contributed by atoms with Crippen molar-refractivity contribution in [1.82, 2.24) is 5.32 Å². The molecule has 0 saturated heterocycles. The summed E-state index contributed by atoms with van der Waals surface area (Å²) in [5.41, 5.74) is 1.13. The fourth-order valence-corrected chi connectivity index (χ4v) is 1.81. The van der Waals surface area contributed by atoms with Crippen molar-refractivity contribution in [2.24, 2.45) is 5.92 Å².